The second-order valence-corrected chi connectivity index (χ2v) is 5.48. The number of nitrogens with zero attached hydrogens (tertiary/aromatic N) is 2. The molecule has 3 N–H and O–H groups in total. The number of hydrogen-bond acceptors (Lipinski definition) is 4. The molecule has 1 aromatic heterocycles. The molecule has 1 aliphatic carbocycles. The van der Waals surface area contributed by atoms with Gasteiger partial charge in [0.2, 0.25) is 0 Å². The van der Waals surface area contributed by atoms with Crippen molar-refractivity contribution in [1.29, 1.82) is 0 Å². The van der Waals surface area contributed by atoms with Gasteiger partial charge in [0.25, 0.3) is 0 Å². The fourth-order valence-corrected chi connectivity index (χ4v) is 2.71. The van der Waals surface area contributed by atoms with E-state index in [1.54, 1.807) is 0 Å². The summed E-state index contributed by atoms with van der Waals surface area (Å²) < 4.78 is 0.776. The van der Waals surface area contributed by atoms with Crippen molar-refractivity contribution in [2.24, 2.45) is 5.92 Å². The molecule has 0 bridgehead atoms. The summed E-state index contributed by atoms with van der Waals surface area (Å²) in [6, 6.07) is 0.517. The van der Waals surface area contributed by atoms with E-state index >= 15 is 0 Å². The van der Waals surface area contributed by atoms with Gasteiger partial charge in [-0.15, -0.1) is 0 Å². The maximum absolute atomic E-state index is 5.73. The Morgan fingerprint density at radius 1 is 1.35 bits per heavy atom. The first-order valence-electron chi connectivity index (χ1n) is 6.23. The Balaban J connectivity index is 1.95. The van der Waals surface area contributed by atoms with E-state index in [4.69, 9.17) is 5.73 Å². The van der Waals surface area contributed by atoms with Crippen LogP contribution in [0, 0.1) is 5.92 Å². The molecule has 17 heavy (non-hydrogen) atoms. The largest absolute Gasteiger partial charge is 0.383 e. The number of rotatable bonds is 3. The first-order valence-corrected chi connectivity index (χ1v) is 7.02. The van der Waals surface area contributed by atoms with Crippen molar-refractivity contribution < 1.29 is 0 Å². The van der Waals surface area contributed by atoms with Gasteiger partial charge in [-0.05, 0) is 47.5 Å². The summed E-state index contributed by atoms with van der Waals surface area (Å²) in [6.45, 7) is 2.28. The number of nitrogens with one attached hydrogen (secondary N) is 1. The zero-order chi connectivity index (χ0) is 12.3. The zero-order valence-corrected chi connectivity index (χ0v) is 11.7. The van der Waals surface area contributed by atoms with Crippen molar-refractivity contribution in [1.82, 2.24) is 9.97 Å². The summed E-state index contributed by atoms with van der Waals surface area (Å²) in [5.74, 6) is 2.22. The van der Waals surface area contributed by atoms with Crippen LogP contribution in [0.3, 0.4) is 0 Å². The Labute approximate surface area is 111 Å². The van der Waals surface area contributed by atoms with Gasteiger partial charge in [0.1, 0.15) is 22.4 Å². The third-order valence-corrected chi connectivity index (χ3v) is 4.36. The molecule has 0 spiro atoms. The molecule has 1 fully saturated rings. The molecule has 1 heterocycles. The minimum atomic E-state index is 0.491. The van der Waals surface area contributed by atoms with Crippen molar-refractivity contribution in [3.05, 3.63) is 10.8 Å². The summed E-state index contributed by atoms with van der Waals surface area (Å²) >= 11 is 3.42. The molecule has 2 rings (SSSR count). The molecule has 94 valence electrons. The van der Waals surface area contributed by atoms with E-state index < -0.39 is 0 Å². The minimum absolute atomic E-state index is 0.491. The van der Waals surface area contributed by atoms with E-state index in [2.05, 4.69) is 38.1 Å². The SMILES string of the molecule is CCC1CCC(Nc2ncnc(N)c2Br)CC1. The van der Waals surface area contributed by atoms with Gasteiger partial charge < -0.3 is 11.1 Å². The van der Waals surface area contributed by atoms with Crippen LogP contribution in [0.1, 0.15) is 39.0 Å². The summed E-state index contributed by atoms with van der Waals surface area (Å²) in [5.41, 5.74) is 5.73. The second-order valence-electron chi connectivity index (χ2n) is 4.69. The molecule has 1 saturated carbocycles. The molecule has 4 nitrogen and oxygen atoms in total. The van der Waals surface area contributed by atoms with Gasteiger partial charge in [-0.1, -0.05) is 13.3 Å². The molecular weight excluding hydrogens is 280 g/mol. The normalized spacial score (nSPS) is 24.6. The van der Waals surface area contributed by atoms with Crippen LogP contribution in [0.2, 0.25) is 0 Å². The van der Waals surface area contributed by atoms with Gasteiger partial charge in [-0.25, -0.2) is 9.97 Å². The Morgan fingerprint density at radius 2 is 2.06 bits per heavy atom. The number of nitrogen functional groups attached to an aromatic ring is 1. The lowest BCUT2D eigenvalue weighted by molar-refractivity contribution is 0.330. The second kappa shape index (κ2) is 5.67. The van der Waals surface area contributed by atoms with Gasteiger partial charge in [0.15, 0.2) is 0 Å². The molecule has 1 aliphatic rings. The molecule has 0 aliphatic heterocycles. The van der Waals surface area contributed by atoms with Gasteiger partial charge in [-0.2, -0.15) is 0 Å². The minimum Gasteiger partial charge on any atom is -0.383 e. The molecule has 0 unspecified atom stereocenters. The average molecular weight is 299 g/mol. The van der Waals surface area contributed by atoms with E-state index in [1.165, 1.54) is 38.4 Å². The Morgan fingerprint density at radius 3 is 2.71 bits per heavy atom. The van der Waals surface area contributed by atoms with Crippen molar-refractivity contribution in [3.8, 4) is 0 Å². The third kappa shape index (κ3) is 3.09. The number of halogens is 1. The van der Waals surface area contributed by atoms with Gasteiger partial charge >= 0.3 is 0 Å². The van der Waals surface area contributed by atoms with Crippen molar-refractivity contribution in [2.45, 2.75) is 45.1 Å². The standard InChI is InChI=1S/C12H19BrN4/c1-2-8-3-5-9(6-4-8)17-12-10(13)11(14)15-7-16-12/h7-9H,2-6H2,1H3,(H3,14,15,16,17). The van der Waals surface area contributed by atoms with Crippen molar-refractivity contribution >= 4 is 27.6 Å². The van der Waals surface area contributed by atoms with Crippen LogP contribution < -0.4 is 11.1 Å². The van der Waals surface area contributed by atoms with Crippen LogP contribution >= 0.6 is 15.9 Å². The lowest BCUT2D eigenvalue weighted by Crippen LogP contribution is -2.26. The number of nitrogens with two attached hydrogens (primary N) is 1. The lowest BCUT2D eigenvalue weighted by atomic mass is 9.84. The Hall–Kier alpha value is -0.840. The highest BCUT2D eigenvalue weighted by Crippen LogP contribution is 2.30. The first-order chi connectivity index (χ1) is 8.20. The van der Waals surface area contributed by atoms with E-state index in [-0.39, 0.29) is 0 Å². The fourth-order valence-electron chi connectivity index (χ4n) is 2.39. The maximum atomic E-state index is 5.73. The molecule has 0 amide bonds. The van der Waals surface area contributed by atoms with Crippen LogP contribution in [0.25, 0.3) is 0 Å². The lowest BCUT2D eigenvalue weighted by Gasteiger charge is -2.29. The van der Waals surface area contributed by atoms with Crippen LogP contribution in [0.5, 0.6) is 0 Å². The zero-order valence-electron chi connectivity index (χ0n) is 10.1. The molecule has 0 aromatic carbocycles. The molecule has 5 heteroatoms. The molecule has 0 radical (unpaired) electrons. The van der Waals surface area contributed by atoms with E-state index in [1.807, 2.05) is 0 Å². The summed E-state index contributed by atoms with van der Waals surface area (Å²) in [7, 11) is 0. The predicted octanol–water partition coefficient (Wildman–Crippen LogP) is 3.20. The highest BCUT2D eigenvalue weighted by molar-refractivity contribution is 9.10. The molecular formula is C12H19BrN4. The number of aromatic nitrogens is 2. The van der Waals surface area contributed by atoms with Crippen molar-refractivity contribution in [3.63, 3.8) is 0 Å². The Kier molecular flexibility index (Phi) is 4.20. The summed E-state index contributed by atoms with van der Waals surface area (Å²) in [5, 5.41) is 3.46. The summed E-state index contributed by atoms with van der Waals surface area (Å²) in [4.78, 5) is 8.16. The van der Waals surface area contributed by atoms with E-state index in [0.717, 1.165) is 16.2 Å². The third-order valence-electron chi connectivity index (χ3n) is 3.58. The van der Waals surface area contributed by atoms with Crippen LogP contribution in [0.4, 0.5) is 11.6 Å². The fraction of sp³-hybridized carbons (Fsp3) is 0.667. The van der Waals surface area contributed by atoms with E-state index in [9.17, 15) is 0 Å². The number of anilines is 2. The van der Waals surface area contributed by atoms with Gasteiger partial charge in [0, 0.05) is 6.04 Å². The van der Waals surface area contributed by atoms with Gasteiger partial charge in [0.05, 0.1) is 0 Å². The number of hydrogen-bond donors (Lipinski definition) is 2. The first kappa shape index (κ1) is 12.6. The average Bonchev–Trinajstić information content (AvgIpc) is 2.36. The molecule has 0 atom stereocenters. The van der Waals surface area contributed by atoms with Crippen molar-refractivity contribution in [2.75, 3.05) is 11.1 Å². The maximum Gasteiger partial charge on any atom is 0.146 e. The molecule has 0 saturated heterocycles. The van der Waals surface area contributed by atoms with Crippen LogP contribution in [0.15, 0.2) is 10.8 Å². The van der Waals surface area contributed by atoms with Crippen LogP contribution in [-0.4, -0.2) is 16.0 Å². The summed E-state index contributed by atoms with van der Waals surface area (Å²) in [6.07, 6.45) is 7.86. The topological polar surface area (TPSA) is 63.8 Å². The van der Waals surface area contributed by atoms with Gasteiger partial charge in [-0.3, -0.25) is 0 Å². The highest BCUT2D eigenvalue weighted by atomic mass is 79.9. The monoisotopic (exact) mass is 298 g/mol. The van der Waals surface area contributed by atoms with Crippen LogP contribution in [-0.2, 0) is 0 Å². The smallest absolute Gasteiger partial charge is 0.146 e. The Bertz CT molecular complexity index is 375. The highest BCUT2D eigenvalue weighted by Gasteiger charge is 2.20. The molecule has 1 aromatic rings. The quantitative estimate of drug-likeness (QED) is 0.899. The van der Waals surface area contributed by atoms with E-state index in [0.29, 0.717) is 11.9 Å². The predicted molar refractivity (Wildman–Crippen MR) is 73.8 cm³/mol.